The van der Waals surface area contributed by atoms with E-state index < -0.39 is 0 Å². The van der Waals surface area contributed by atoms with Gasteiger partial charge in [0.05, 0.1) is 12.8 Å². The van der Waals surface area contributed by atoms with Crippen LogP contribution in [0.15, 0.2) is 30.3 Å². The molecule has 0 atom stereocenters. The van der Waals surface area contributed by atoms with Crippen molar-refractivity contribution in [3.63, 3.8) is 0 Å². The lowest BCUT2D eigenvalue weighted by molar-refractivity contribution is 0.0947. The zero-order valence-electron chi connectivity index (χ0n) is 13.8. The number of carbonyl (C=O) groups is 1. The van der Waals surface area contributed by atoms with Gasteiger partial charge < -0.3 is 14.8 Å². The van der Waals surface area contributed by atoms with Crippen LogP contribution >= 0.6 is 0 Å². The lowest BCUT2D eigenvalue weighted by atomic mass is 10.1. The van der Waals surface area contributed by atoms with Crippen LogP contribution in [0.3, 0.4) is 0 Å². The molecule has 2 aromatic rings. The van der Waals surface area contributed by atoms with E-state index in [1.54, 1.807) is 19.2 Å². The van der Waals surface area contributed by atoms with Crippen molar-refractivity contribution in [1.29, 1.82) is 0 Å². The summed E-state index contributed by atoms with van der Waals surface area (Å²) < 4.78 is 10.8. The van der Waals surface area contributed by atoms with Crippen LogP contribution in [0.25, 0.3) is 0 Å². The topological polar surface area (TPSA) is 76.2 Å². The summed E-state index contributed by atoms with van der Waals surface area (Å²) in [5, 5.41) is 9.69. The highest BCUT2D eigenvalue weighted by atomic mass is 16.5. The molecule has 0 bridgehead atoms. The number of methoxy groups -OCH3 is 1. The maximum Gasteiger partial charge on any atom is 0.271 e. The van der Waals surface area contributed by atoms with E-state index in [2.05, 4.69) is 29.4 Å². The monoisotopic (exact) mass is 317 g/mol. The molecule has 0 saturated heterocycles. The third-order valence-electron chi connectivity index (χ3n) is 3.31. The van der Waals surface area contributed by atoms with Gasteiger partial charge in [-0.25, -0.2) is 0 Å². The zero-order chi connectivity index (χ0) is 16.7. The third-order valence-corrected chi connectivity index (χ3v) is 3.31. The Morgan fingerprint density at radius 3 is 2.83 bits per heavy atom. The maximum atomic E-state index is 11.9. The fraction of sp³-hybridized carbons (Fsp3) is 0.412. The van der Waals surface area contributed by atoms with E-state index in [0.29, 0.717) is 30.5 Å². The Morgan fingerprint density at radius 1 is 1.30 bits per heavy atom. The van der Waals surface area contributed by atoms with Crippen LogP contribution in [-0.4, -0.2) is 29.8 Å². The van der Waals surface area contributed by atoms with Gasteiger partial charge in [-0.1, -0.05) is 19.9 Å². The van der Waals surface area contributed by atoms with Crippen LogP contribution in [0, 0.1) is 5.92 Å². The van der Waals surface area contributed by atoms with Gasteiger partial charge in [-0.3, -0.25) is 9.89 Å². The predicted molar refractivity (Wildman–Crippen MR) is 87.7 cm³/mol. The standard InChI is InChI=1S/C17H23N3O3/c1-12(2)7-8-18-17(21)16-9-13(19-20-16)11-23-15-6-4-5-14(10-15)22-3/h4-6,9-10,12H,7-8,11H2,1-3H3,(H,18,21)(H,19,20). The largest absolute Gasteiger partial charge is 0.497 e. The molecule has 0 saturated carbocycles. The molecular weight excluding hydrogens is 294 g/mol. The van der Waals surface area contributed by atoms with Gasteiger partial charge in [0.2, 0.25) is 0 Å². The van der Waals surface area contributed by atoms with Crippen molar-refractivity contribution in [3.05, 3.63) is 41.7 Å². The number of aromatic nitrogens is 2. The Bertz CT molecular complexity index is 638. The number of rotatable bonds is 8. The van der Waals surface area contributed by atoms with Gasteiger partial charge in [0.25, 0.3) is 5.91 Å². The van der Waals surface area contributed by atoms with Crippen LogP contribution in [0.2, 0.25) is 0 Å². The van der Waals surface area contributed by atoms with Gasteiger partial charge in [0, 0.05) is 12.6 Å². The van der Waals surface area contributed by atoms with E-state index in [0.717, 1.165) is 17.9 Å². The summed E-state index contributed by atoms with van der Waals surface area (Å²) in [4.78, 5) is 11.9. The second-order valence-electron chi connectivity index (χ2n) is 5.68. The molecule has 1 aromatic carbocycles. The number of nitrogens with zero attached hydrogens (tertiary/aromatic N) is 1. The van der Waals surface area contributed by atoms with E-state index in [1.807, 2.05) is 18.2 Å². The van der Waals surface area contributed by atoms with Gasteiger partial charge in [0.15, 0.2) is 0 Å². The molecule has 6 nitrogen and oxygen atoms in total. The maximum absolute atomic E-state index is 11.9. The Morgan fingerprint density at radius 2 is 2.09 bits per heavy atom. The van der Waals surface area contributed by atoms with Crippen LogP contribution in [0.4, 0.5) is 0 Å². The van der Waals surface area contributed by atoms with Crippen LogP contribution < -0.4 is 14.8 Å². The fourth-order valence-corrected chi connectivity index (χ4v) is 1.97. The highest BCUT2D eigenvalue weighted by molar-refractivity contribution is 5.92. The number of benzene rings is 1. The number of amides is 1. The summed E-state index contributed by atoms with van der Waals surface area (Å²) in [5.74, 6) is 1.81. The van der Waals surface area contributed by atoms with Gasteiger partial charge >= 0.3 is 0 Å². The molecule has 0 fully saturated rings. The summed E-state index contributed by atoms with van der Waals surface area (Å²) in [6, 6.07) is 9.05. The number of aromatic amines is 1. The van der Waals surface area contributed by atoms with Crippen LogP contribution in [-0.2, 0) is 6.61 Å². The first-order valence-corrected chi connectivity index (χ1v) is 7.68. The number of ether oxygens (including phenoxy) is 2. The summed E-state index contributed by atoms with van der Waals surface area (Å²) in [6.07, 6.45) is 0.946. The molecule has 0 unspecified atom stereocenters. The Labute approximate surface area is 136 Å². The predicted octanol–water partition coefficient (Wildman–Crippen LogP) is 2.77. The van der Waals surface area contributed by atoms with Gasteiger partial charge in [-0.05, 0) is 30.5 Å². The number of H-pyrrole nitrogens is 1. The van der Waals surface area contributed by atoms with E-state index in [1.165, 1.54) is 0 Å². The number of nitrogens with one attached hydrogen (secondary N) is 2. The summed E-state index contributed by atoms with van der Waals surface area (Å²) >= 11 is 0. The van der Waals surface area contributed by atoms with Crippen molar-refractivity contribution in [2.24, 2.45) is 5.92 Å². The number of hydrogen-bond acceptors (Lipinski definition) is 4. The lowest BCUT2D eigenvalue weighted by Gasteiger charge is -2.06. The molecule has 1 heterocycles. The van der Waals surface area contributed by atoms with E-state index in [9.17, 15) is 4.79 Å². The number of hydrogen-bond donors (Lipinski definition) is 2. The van der Waals surface area contributed by atoms with Crippen molar-refractivity contribution in [3.8, 4) is 11.5 Å². The minimum absolute atomic E-state index is 0.172. The SMILES string of the molecule is COc1cccc(OCc2cc(C(=O)NCCC(C)C)n[nH]2)c1. The van der Waals surface area contributed by atoms with E-state index in [4.69, 9.17) is 9.47 Å². The highest BCUT2D eigenvalue weighted by Crippen LogP contribution is 2.19. The molecule has 2 N–H and O–H groups in total. The minimum atomic E-state index is -0.172. The van der Waals surface area contributed by atoms with Gasteiger partial charge in [-0.2, -0.15) is 5.10 Å². The Balaban J connectivity index is 1.85. The average molecular weight is 317 g/mol. The summed E-state index contributed by atoms with van der Waals surface area (Å²) in [6.45, 7) is 5.20. The van der Waals surface area contributed by atoms with E-state index in [-0.39, 0.29) is 5.91 Å². The molecule has 23 heavy (non-hydrogen) atoms. The van der Waals surface area contributed by atoms with Crippen molar-refractivity contribution >= 4 is 5.91 Å². The molecule has 0 aliphatic rings. The van der Waals surface area contributed by atoms with Crippen molar-refractivity contribution in [2.75, 3.05) is 13.7 Å². The molecule has 0 spiro atoms. The van der Waals surface area contributed by atoms with Crippen LogP contribution in [0.5, 0.6) is 11.5 Å². The lowest BCUT2D eigenvalue weighted by Crippen LogP contribution is -2.25. The molecule has 1 amide bonds. The Hall–Kier alpha value is -2.50. The van der Waals surface area contributed by atoms with Gasteiger partial charge in [-0.15, -0.1) is 0 Å². The summed E-state index contributed by atoms with van der Waals surface area (Å²) in [7, 11) is 1.61. The summed E-state index contributed by atoms with van der Waals surface area (Å²) in [5.41, 5.74) is 1.11. The van der Waals surface area contributed by atoms with Gasteiger partial charge in [0.1, 0.15) is 23.8 Å². The molecular formula is C17H23N3O3. The molecule has 0 aliphatic heterocycles. The second-order valence-corrected chi connectivity index (χ2v) is 5.68. The molecule has 124 valence electrons. The number of carbonyl (C=O) groups excluding carboxylic acids is 1. The first kappa shape index (κ1) is 16.9. The van der Waals surface area contributed by atoms with E-state index >= 15 is 0 Å². The quantitative estimate of drug-likeness (QED) is 0.785. The first-order valence-electron chi connectivity index (χ1n) is 7.68. The molecule has 6 heteroatoms. The molecule has 0 aliphatic carbocycles. The Kier molecular flexibility index (Phi) is 6.02. The normalized spacial score (nSPS) is 10.6. The molecule has 2 rings (SSSR count). The third kappa shape index (κ3) is 5.32. The second kappa shape index (κ2) is 8.22. The molecule has 1 aromatic heterocycles. The highest BCUT2D eigenvalue weighted by Gasteiger charge is 2.10. The average Bonchev–Trinajstić information content (AvgIpc) is 3.02. The molecule has 0 radical (unpaired) electrons. The van der Waals surface area contributed by atoms with Crippen molar-refractivity contribution in [1.82, 2.24) is 15.5 Å². The van der Waals surface area contributed by atoms with Crippen molar-refractivity contribution in [2.45, 2.75) is 26.9 Å². The first-order chi connectivity index (χ1) is 11.1. The fourth-order valence-electron chi connectivity index (χ4n) is 1.97. The minimum Gasteiger partial charge on any atom is -0.497 e. The smallest absolute Gasteiger partial charge is 0.271 e. The zero-order valence-corrected chi connectivity index (χ0v) is 13.8. The van der Waals surface area contributed by atoms with Crippen LogP contribution in [0.1, 0.15) is 36.5 Å². The van der Waals surface area contributed by atoms with Crippen molar-refractivity contribution < 1.29 is 14.3 Å².